The van der Waals surface area contributed by atoms with Gasteiger partial charge in [0, 0.05) is 24.0 Å². The van der Waals surface area contributed by atoms with E-state index in [2.05, 4.69) is 11.1 Å². The summed E-state index contributed by atoms with van der Waals surface area (Å²) in [6, 6.07) is 15.7. The quantitative estimate of drug-likeness (QED) is 0.437. The van der Waals surface area contributed by atoms with Crippen molar-refractivity contribution < 1.29 is 19.1 Å². The predicted octanol–water partition coefficient (Wildman–Crippen LogP) is 5.70. The van der Waals surface area contributed by atoms with E-state index < -0.39 is 5.60 Å². The summed E-state index contributed by atoms with van der Waals surface area (Å²) in [6.07, 6.45) is 5.81. The van der Waals surface area contributed by atoms with E-state index in [1.807, 2.05) is 63.2 Å². The first-order valence-electron chi connectivity index (χ1n) is 11.5. The Kier molecular flexibility index (Phi) is 6.41. The molecule has 0 saturated heterocycles. The van der Waals surface area contributed by atoms with Crippen LogP contribution in [-0.2, 0) is 20.7 Å². The molecule has 0 radical (unpaired) electrons. The third kappa shape index (κ3) is 5.03. The van der Waals surface area contributed by atoms with Crippen molar-refractivity contribution in [2.75, 3.05) is 18.6 Å². The number of nitrogens with zero attached hydrogens (tertiary/aromatic N) is 1. The molecule has 4 rings (SSSR count). The highest BCUT2D eigenvalue weighted by atomic mass is 16.6. The van der Waals surface area contributed by atoms with Gasteiger partial charge < -0.3 is 14.4 Å². The average molecular weight is 446 g/mol. The van der Waals surface area contributed by atoms with Gasteiger partial charge in [0.2, 0.25) is 0 Å². The van der Waals surface area contributed by atoms with Crippen LogP contribution in [0.4, 0.5) is 5.69 Å². The molecular formula is C28H31NO4. The molecule has 5 heteroatoms. The Balaban J connectivity index is 1.78. The van der Waals surface area contributed by atoms with Crippen LogP contribution in [0.5, 0.6) is 0 Å². The second-order valence-electron chi connectivity index (χ2n) is 9.52. The van der Waals surface area contributed by atoms with Crippen molar-refractivity contribution in [3.63, 3.8) is 0 Å². The van der Waals surface area contributed by atoms with Crippen LogP contribution in [0, 0.1) is 0 Å². The number of fused-ring (bicyclic) bond motifs is 1. The highest BCUT2D eigenvalue weighted by molar-refractivity contribution is 6.08. The zero-order valence-electron chi connectivity index (χ0n) is 19.8. The number of hydrogen-bond donors (Lipinski definition) is 0. The average Bonchev–Trinajstić information content (AvgIpc) is 3.15. The first-order valence-corrected chi connectivity index (χ1v) is 11.5. The summed E-state index contributed by atoms with van der Waals surface area (Å²) in [5.74, 6) is -0.605. The lowest BCUT2D eigenvalue weighted by molar-refractivity contribution is -0.149. The Bertz CT molecular complexity index is 1120. The molecular weight excluding hydrogens is 414 g/mol. The lowest BCUT2D eigenvalue weighted by Gasteiger charge is -2.28. The van der Waals surface area contributed by atoms with Crippen molar-refractivity contribution in [3.05, 3.63) is 82.6 Å². The van der Waals surface area contributed by atoms with E-state index in [0.29, 0.717) is 11.1 Å². The molecule has 1 aliphatic heterocycles. The predicted molar refractivity (Wildman–Crippen MR) is 130 cm³/mol. The number of anilines is 1. The maximum atomic E-state index is 13.4. The van der Waals surface area contributed by atoms with E-state index in [1.165, 1.54) is 7.11 Å². The van der Waals surface area contributed by atoms with E-state index in [9.17, 15) is 9.59 Å². The molecule has 5 nitrogen and oxygen atoms in total. The molecule has 0 bridgehead atoms. The molecule has 1 fully saturated rings. The monoisotopic (exact) mass is 445 g/mol. The largest absolute Gasteiger partial charge is 0.465 e. The zero-order chi connectivity index (χ0) is 23.6. The van der Waals surface area contributed by atoms with Crippen LogP contribution in [0.3, 0.4) is 0 Å². The fraction of sp³-hybridized carbons (Fsp3) is 0.357. The highest BCUT2D eigenvalue weighted by Crippen LogP contribution is 2.39. The van der Waals surface area contributed by atoms with Crippen molar-refractivity contribution in [1.29, 1.82) is 0 Å². The fourth-order valence-electron chi connectivity index (χ4n) is 4.24. The Morgan fingerprint density at radius 2 is 1.70 bits per heavy atom. The molecule has 2 aromatic rings. The van der Waals surface area contributed by atoms with E-state index in [0.717, 1.165) is 60.2 Å². The van der Waals surface area contributed by atoms with Crippen molar-refractivity contribution in [2.24, 2.45) is 0 Å². The van der Waals surface area contributed by atoms with Crippen molar-refractivity contribution in [2.45, 2.75) is 52.1 Å². The minimum absolute atomic E-state index is 0.271. The summed E-state index contributed by atoms with van der Waals surface area (Å²) < 4.78 is 10.7. The minimum atomic E-state index is -0.570. The number of benzene rings is 2. The van der Waals surface area contributed by atoms with E-state index in [1.54, 1.807) is 6.07 Å². The molecule has 2 aliphatic rings. The lowest BCUT2D eigenvalue weighted by Crippen LogP contribution is -2.27. The fourth-order valence-corrected chi connectivity index (χ4v) is 4.24. The number of carbonyl (C=O) groups is 2. The van der Waals surface area contributed by atoms with Gasteiger partial charge in [-0.15, -0.1) is 0 Å². The Hall–Kier alpha value is -3.34. The maximum absolute atomic E-state index is 13.4. The Morgan fingerprint density at radius 3 is 2.30 bits per heavy atom. The van der Waals surface area contributed by atoms with Gasteiger partial charge in [0.25, 0.3) is 0 Å². The standard InChI is InChI=1S/C28H31NO4/c1-28(2,3)33-27(31)25(20-11-8-12-20)23(19-9-6-5-7-10-19)18-29-16-15-21-17-22(26(30)32-4)13-14-24(21)29/h5-7,9-10,13-14,17-18H,8,11-12,15-16H2,1-4H3/b23-18+. The number of esters is 2. The van der Waals surface area contributed by atoms with Crippen LogP contribution in [-0.4, -0.2) is 31.2 Å². The molecule has 1 heterocycles. The van der Waals surface area contributed by atoms with Crippen LogP contribution in [0.15, 0.2) is 65.9 Å². The van der Waals surface area contributed by atoms with Crippen molar-refractivity contribution in [3.8, 4) is 0 Å². The summed E-state index contributed by atoms with van der Waals surface area (Å²) in [5, 5.41) is 0. The zero-order valence-corrected chi connectivity index (χ0v) is 19.8. The number of hydrogen-bond acceptors (Lipinski definition) is 5. The number of methoxy groups -OCH3 is 1. The van der Waals surface area contributed by atoms with Gasteiger partial charge in [-0.1, -0.05) is 35.9 Å². The van der Waals surface area contributed by atoms with Crippen LogP contribution < -0.4 is 4.90 Å². The Morgan fingerprint density at radius 1 is 0.970 bits per heavy atom. The van der Waals surface area contributed by atoms with E-state index in [-0.39, 0.29) is 11.9 Å². The Labute approximate surface area is 195 Å². The van der Waals surface area contributed by atoms with Crippen LogP contribution in [0.2, 0.25) is 0 Å². The summed E-state index contributed by atoms with van der Waals surface area (Å²) >= 11 is 0. The molecule has 0 unspecified atom stereocenters. The molecule has 33 heavy (non-hydrogen) atoms. The summed E-state index contributed by atoms with van der Waals surface area (Å²) in [7, 11) is 1.39. The SMILES string of the molecule is COC(=O)c1ccc2c(c1)CCN2/C=C(/C(C(=O)OC(C)(C)C)=C1CCC1)c1ccccc1. The van der Waals surface area contributed by atoms with Gasteiger partial charge in [-0.05, 0) is 75.8 Å². The first kappa shape index (κ1) is 22.8. The van der Waals surface area contributed by atoms with Gasteiger partial charge in [-0.25, -0.2) is 9.59 Å². The van der Waals surface area contributed by atoms with Crippen LogP contribution >= 0.6 is 0 Å². The topological polar surface area (TPSA) is 55.8 Å². The summed E-state index contributed by atoms with van der Waals surface area (Å²) in [6.45, 7) is 6.47. The summed E-state index contributed by atoms with van der Waals surface area (Å²) in [4.78, 5) is 27.5. The molecule has 172 valence electrons. The second kappa shape index (κ2) is 9.26. The second-order valence-corrected chi connectivity index (χ2v) is 9.52. The van der Waals surface area contributed by atoms with Crippen LogP contribution in [0.1, 0.15) is 61.5 Å². The molecule has 1 saturated carbocycles. The minimum Gasteiger partial charge on any atom is -0.465 e. The van der Waals surface area contributed by atoms with Gasteiger partial charge in [0.05, 0.1) is 18.2 Å². The van der Waals surface area contributed by atoms with Gasteiger partial charge in [-0.3, -0.25) is 0 Å². The highest BCUT2D eigenvalue weighted by Gasteiger charge is 2.30. The van der Waals surface area contributed by atoms with Gasteiger partial charge in [0.15, 0.2) is 0 Å². The van der Waals surface area contributed by atoms with Crippen molar-refractivity contribution in [1.82, 2.24) is 0 Å². The molecule has 0 spiro atoms. The number of ether oxygens (including phenoxy) is 2. The molecule has 0 atom stereocenters. The van der Waals surface area contributed by atoms with Crippen molar-refractivity contribution >= 4 is 23.2 Å². The third-order valence-corrected chi connectivity index (χ3v) is 5.98. The van der Waals surface area contributed by atoms with Gasteiger partial charge >= 0.3 is 11.9 Å². The normalized spacial score (nSPS) is 15.6. The number of carbonyl (C=O) groups excluding carboxylic acids is 2. The number of rotatable bonds is 5. The molecule has 2 aromatic carbocycles. The first-order chi connectivity index (χ1) is 15.8. The molecule has 1 aliphatic carbocycles. The van der Waals surface area contributed by atoms with Gasteiger partial charge in [0.1, 0.15) is 5.60 Å². The van der Waals surface area contributed by atoms with E-state index >= 15 is 0 Å². The molecule has 0 aromatic heterocycles. The smallest absolute Gasteiger partial charge is 0.339 e. The maximum Gasteiger partial charge on any atom is 0.339 e. The third-order valence-electron chi connectivity index (χ3n) is 5.98. The van der Waals surface area contributed by atoms with Crippen LogP contribution in [0.25, 0.3) is 5.57 Å². The molecule has 0 amide bonds. The van der Waals surface area contributed by atoms with E-state index in [4.69, 9.17) is 9.47 Å². The molecule has 0 N–H and O–H groups in total. The number of allylic oxidation sites excluding steroid dienone is 1. The van der Waals surface area contributed by atoms with Gasteiger partial charge in [-0.2, -0.15) is 0 Å². The lowest BCUT2D eigenvalue weighted by atomic mass is 9.83. The summed E-state index contributed by atoms with van der Waals surface area (Å²) in [5.41, 5.74) is 5.81.